The van der Waals surface area contributed by atoms with Gasteiger partial charge in [-0.3, -0.25) is 0 Å². The molecule has 14 heavy (non-hydrogen) atoms. The van der Waals surface area contributed by atoms with Crippen LogP contribution in [0.3, 0.4) is 0 Å². The molecule has 0 saturated heterocycles. The first-order valence-electron chi connectivity index (χ1n) is 6.27. The summed E-state index contributed by atoms with van der Waals surface area (Å²) >= 11 is 0. The summed E-state index contributed by atoms with van der Waals surface area (Å²) in [6.07, 6.45) is 6.86. The third-order valence-corrected chi connectivity index (χ3v) is 3.10. The lowest BCUT2D eigenvalue weighted by Crippen LogP contribution is -2.37. The smallest absolute Gasteiger partial charge is 0.00793 e. The fourth-order valence-electron chi connectivity index (χ4n) is 2.29. The van der Waals surface area contributed by atoms with E-state index in [1.807, 2.05) is 0 Å². The highest BCUT2D eigenvalue weighted by atomic mass is 15.0. The molecule has 0 aliphatic heterocycles. The Kier molecular flexibility index (Phi) is 6.20. The van der Waals surface area contributed by atoms with Crippen molar-refractivity contribution in [1.82, 2.24) is 10.6 Å². The molecule has 0 aromatic carbocycles. The Morgan fingerprint density at radius 1 is 1.14 bits per heavy atom. The quantitative estimate of drug-likeness (QED) is 0.639. The van der Waals surface area contributed by atoms with Gasteiger partial charge in [0.25, 0.3) is 0 Å². The van der Waals surface area contributed by atoms with Crippen LogP contribution < -0.4 is 10.6 Å². The molecule has 0 spiro atoms. The van der Waals surface area contributed by atoms with Crippen molar-refractivity contribution in [2.24, 2.45) is 5.92 Å². The van der Waals surface area contributed by atoms with Gasteiger partial charge in [-0.1, -0.05) is 26.7 Å². The van der Waals surface area contributed by atoms with Crippen LogP contribution in [-0.4, -0.2) is 25.7 Å². The fourth-order valence-corrected chi connectivity index (χ4v) is 2.29. The zero-order valence-corrected chi connectivity index (χ0v) is 9.81. The lowest BCUT2D eigenvalue weighted by molar-refractivity contribution is 0.302. The Labute approximate surface area is 88.8 Å². The van der Waals surface area contributed by atoms with Crippen molar-refractivity contribution in [2.75, 3.05) is 19.6 Å². The van der Waals surface area contributed by atoms with Gasteiger partial charge in [-0.05, 0) is 31.7 Å². The molecule has 0 amide bonds. The summed E-state index contributed by atoms with van der Waals surface area (Å²) in [5, 5.41) is 7.07. The van der Waals surface area contributed by atoms with Crippen LogP contribution in [0.5, 0.6) is 0 Å². The molecule has 0 heterocycles. The highest BCUT2D eigenvalue weighted by molar-refractivity contribution is 4.75. The average Bonchev–Trinajstić information content (AvgIpc) is 2.18. The van der Waals surface area contributed by atoms with E-state index in [0.29, 0.717) is 0 Å². The van der Waals surface area contributed by atoms with E-state index in [2.05, 4.69) is 24.5 Å². The second kappa shape index (κ2) is 7.24. The van der Waals surface area contributed by atoms with E-state index in [9.17, 15) is 0 Å². The van der Waals surface area contributed by atoms with Crippen LogP contribution >= 0.6 is 0 Å². The van der Waals surface area contributed by atoms with Crippen LogP contribution in [0.1, 0.15) is 46.0 Å². The lowest BCUT2D eigenvalue weighted by atomic mass is 9.87. The van der Waals surface area contributed by atoms with Crippen molar-refractivity contribution in [3.8, 4) is 0 Å². The first kappa shape index (κ1) is 12.0. The van der Waals surface area contributed by atoms with Gasteiger partial charge in [-0.15, -0.1) is 0 Å². The van der Waals surface area contributed by atoms with Crippen LogP contribution in [-0.2, 0) is 0 Å². The zero-order chi connectivity index (χ0) is 10.2. The third kappa shape index (κ3) is 4.97. The van der Waals surface area contributed by atoms with Gasteiger partial charge in [0.15, 0.2) is 0 Å². The Balaban J connectivity index is 1.95. The number of rotatable bonds is 6. The topological polar surface area (TPSA) is 24.1 Å². The van der Waals surface area contributed by atoms with Crippen LogP contribution in [0.2, 0.25) is 0 Å². The number of nitrogens with one attached hydrogen (secondary N) is 2. The third-order valence-electron chi connectivity index (χ3n) is 3.10. The minimum absolute atomic E-state index is 0.794. The molecular weight excluding hydrogens is 172 g/mol. The first-order valence-corrected chi connectivity index (χ1v) is 6.27. The molecule has 1 aliphatic rings. The summed E-state index contributed by atoms with van der Waals surface area (Å²) in [5.74, 6) is 0.935. The predicted octanol–water partition coefficient (Wildman–Crippen LogP) is 2.15. The van der Waals surface area contributed by atoms with E-state index >= 15 is 0 Å². The van der Waals surface area contributed by atoms with Crippen LogP contribution in [0.15, 0.2) is 0 Å². The molecule has 2 heteroatoms. The van der Waals surface area contributed by atoms with Gasteiger partial charge in [-0.2, -0.15) is 0 Å². The van der Waals surface area contributed by atoms with Gasteiger partial charge in [0.05, 0.1) is 0 Å². The van der Waals surface area contributed by atoms with E-state index in [1.54, 1.807) is 0 Å². The Bertz CT molecular complexity index is 136. The monoisotopic (exact) mass is 198 g/mol. The van der Waals surface area contributed by atoms with Crippen molar-refractivity contribution in [1.29, 1.82) is 0 Å². The molecule has 0 aromatic heterocycles. The molecule has 2 atom stereocenters. The molecule has 0 radical (unpaired) electrons. The van der Waals surface area contributed by atoms with Crippen molar-refractivity contribution in [2.45, 2.75) is 52.0 Å². The van der Waals surface area contributed by atoms with Crippen molar-refractivity contribution >= 4 is 0 Å². The predicted molar refractivity (Wildman–Crippen MR) is 62.6 cm³/mol. The van der Waals surface area contributed by atoms with Crippen LogP contribution in [0, 0.1) is 5.92 Å². The van der Waals surface area contributed by atoms with Crippen molar-refractivity contribution < 1.29 is 0 Å². The molecular formula is C12H26N2. The summed E-state index contributed by atoms with van der Waals surface area (Å²) in [6.45, 7) is 8.01. The Morgan fingerprint density at radius 3 is 2.71 bits per heavy atom. The fraction of sp³-hybridized carbons (Fsp3) is 1.00. The average molecular weight is 198 g/mol. The molecule has 1 aliphatic carbocycles. The molecule has 1 fully saturated rings. The Morgan fingerprint density at radius 2 is 2.00 bits per heavy atom. The highest BCUT2D eigenvalue weighted by Gasteiger charge is 2.17. The van der Waals surface area contributed by atoms with Gasteiger partial charge in [-0.25, -0.2) is 0 Å². The first-order chi connectivity index (χ1) is 6.83. The normalized spacial score (nSPS) is 27.9. The lowest BCUT2D eigenvalue weighted by Gasteiger charge is -2.27. The molecule has 2 N–H and O–H groups in total. The zero-order valence-electron chi connectivity index (χ0n) is 9.81. The second-order valence-corrected chi connectivity index (χ2v) is 4.67. The van der Waals surface area contributed by atoms with Crippen LogP contribution in [0.25, 0.3) is 0 Å². The largest absolute Gasteiger partial charge is 0.315 e. The van der Waals surface area contributed by atoms with Crippen molar-refractivity contribution in [3.05, 3.63) is 0 Å². The molecule has 0 bridgehead atoms. The molecule has 1 rings (SSSR count). The summed E-state index contributed by atoms with van der Waals surface area (Å²) in [5.41, 5.74) is 0. The summed E-state index contributed by atoms with van der Waals surface area (Å²) in [4.78, 5) is 0. The van der Waals surface area contributed by atoms with E-state index < -0.39 is 0 Å². The van der Waals surface area contributed by atoms with Gasteiger partial charge in [0.1, 0.15) is 0 Å². The number of hydrogen-bond acceptors (Lipinski definition) is 2. The number of hydrogen-bond donors (Lipinski definition) is 2. The SMILES string of the molecule is CCCNCCNC1CCCC(C)C1. The standard InChI is InChI=1S/C12H26N2/c1-3-7-13-8-9-14-12-6-4-5-11(2)10-12/h11-14H,3-10H2,1-2H3. The molecule has 2 nitrogen and oxygen atoms in total. The minimum atomic E-state index is 0.794. The van der Waals surface area contributed by atoms with Gasteiger partial charge in [0, 0.05) is 19.1 Å². The molecule has 0 aromatic rings. The van der Waals surface area contributed by atoms with Crippen molar-refractivity contribution in [3.63, 3.8) is 0 Å². The summed E-state index contributed by atoms with van der Waals surface area (Å²) < 4.78 is 0. The molecule has 84 valence electrons. The maximum Gasteiger partial charge on any atom is 0.00793 e. The summed E-state index contributed by atoms with van der Waals surface area (Å²) in [7, 11) is 0. The Hall–Kier alpha value is -0.0800. The van der Waals surface area contributed by atoms with E-state index in [1.165, 1.54) is 32.1 Å². The second-order valence-electron chi connectivity index (χ2n) is 4.67. The maximum absolute atomic E-state index is 3.65. The molecule has 1 saturated carbocycles. The summed E-state index contributed by atoms with van der Waals surface area (Å²) in [6, 6.07) is 0.794. The van der Waals surface area contributed by atoms with E-state index in [-0.39, 0.29) is 0 Å². The van der Waals surface area contributed by atoms with Gasteiger partial charge >= 0.3 is 0 Å². The van der Waals surface area contributed by atoms with Gasteiger partial charge < -0.3 is 10.6 Å². The van der Waals surface area contributed by atoms with Crippen LogP contribution in [0.4, 0.5) is 0 Å². The van der Waals surface area contributed by atoms with E-state index in [0.717, 1.165) is 31.6 Å². The minimum Gasteiger partial charge on any atom is -0.315 e. The molecule has 2 unspecified atom stereocenters. The highest BCUT2D eigenvalue weighted by Crippen LogP contribution is 2.23. The maximum atomic E-state index is 3.65. The van der Waals surface area contributed by atoms with E-state index in [4.69, 9.17) is 0 Å². The van der Waals surface area contributed by atoms with Gasteiger partial charge in [0.2, 0.25) is 0 Å².